The molecule has 1 aliphatic rings. The highest BCUT2D eigenvalue weighted by atomic mass is 79.9. The zero-order chi connectivity index (χ0) is 22.7. The van der Waals surface area contributed by atoms with Gasteiger partial charge >= 0.3 is 0 Å². The van der Waals surface area contributed by atoms with E-state index in [4.69, 9.17) is 9.47 Å². The number of carbonyl (C=O) groups excluding carboxylic acids is 1. The van der Waals surface area contributed by atoms with Gasteiger partial charge in [0.2, 0.25) is 18.0 Å². The smallest absolute Gasteiger partial charge is 0.278 e. The first-order chi connectivity index (χ1) is 15.4. The summed E-state index contributed by atoms with van der Waals surface area (Å²) in [5, 5.41) is 16.9. The molecule has 32 heavy (non-hydrogen) atoms. The second kappa shape index (κ2) is 9.19. The number of carbonyl (C=O) groups is 1. The van der Waals surface area contributed by atoms with E-state index >= 15 is 0 Å². The van der Waals surface area contributed by atoms with Gasteiger partial charge in [-0.1, -0.05) is 52.3 Å². The minimum atomic E-state index is -1.05. The van der Waals surface area contributed by atoms with Crippen molar-refractivity contribution >= 4 is 33.4 Å². The summed E-state index contributed by atoms with van der Waals surface area (Å²) in [5.41, 5.74) is 1.59. The van der Waals surface area contributed by atoms with Crippen molar-refractivity contribution in [3.63, 3.8) is 0 Å². The van der Waals surface area contributed by atoms with Crippen molar-refractivity contribution < 1.29 is 19.2 Å². The number of amides is 1. The fourth-order valence-electron chi connectivity index (χ4n) is 3.25. The van der Waals surface area contributed by atoms with Crippen LogP contribution in [-0.4, -0.2) is 21.7 Å². The Morgan fingerprint density at radius 3 is 2.53 bits per heavy atom. The van der Waals surface area contributed by atoms with Gasteiger partial charge in [0.15, 0.2) is 0 Å². The van der Waals surface area contributed by atoms with Crippen LogP contribution >= 0.6 is 15.9 Å². The molecule has 1 amide bonds. The highest BCUT2D eigenvalue weighted by Gasteiger charge is 2.37. The average Bonchev–Trinajstić information content (AvgIpc) is 3.24. The number of rotatable bonds is 6. The van der Waals surface area contributed by atoms with Crippen LogP contribution in [0.1, 0.15) is 29.8 Å². The summed E-state index contributed by atoms with van der Waals surface area (Å²) in [7, 11) is 0. The van der Waals surface area contributed by atoms with E-state index in [1.54, 1.807) is 36.4 Å². The van der Waals surface area contributed by atoms with Crippen LogP contribution < -0.4 is 4.74 Å². The van der Waals surface area contributed by atoms with Gasteiger partial charge in [-0.15, -0.1) is 5.10 Å². The molecular weight excluding hydrogens is 478 g/mol. The number of benzene rings is 3. The molecule has 0 spiro atoms. The maximum absolute atomic E-state index is 12.2. The molecular formula is C23H18BrN3O5. The quantitative estimate of drug-likeness (QED) is 0.347. The monoisotopic (exact) mass is 495 g/mol. The SMILES string of the molecule is CC(=O)N1N=C(c2ccccc2OCc2ccc(Br)cc2)OC1c1ccccc1[N+](=O)[O-]. The lowest BCUT2D eigenvalue weighted by Gasteiger charge is -2.19. The third kappa shape index (κ3) is 4.47. The number of nitrogens with zero attached hydrogens (tertiary/aromatic N) is 3. The average molecular weight is 496 g/mol. The molecule has 1 aliphatic heterocycles. The van der Waals surface area contributed by atoms with Crippen molar-refractivity contribution in [2.75, 3.05) is 0 Å². The van der Waals surface area contributed by atoms with Crippen molar-refractivity contribution in [1.29, 1.82) is 0 Å². The predicted octanol–water partition coefficient (Wildman–Crippen LogP) is 5.18. The Labute approximate surface area is 192 Å². The van der Waals surface area contributed by atoms with Gasteiger partial charge in [-0.2, -0.15) is 5.01 Å². The lowest BCUT2D eigenvalue weighted by atomic mass is 10.1. The van der Waals surface area contributed by atoms with E-state index in [1.807, 2.05) is 30.3 Å². The molecule has 0 N–H and O–H groups in total. The molecule has 0 saturated carbocycles. The third-order valence-corrected chi connectivity index (χ3v) is 5.32. The van der Waals surface area contributed by atoms with Crippen LogP contribution in [0.4, 0.5) is 5.69 Å². The molecule has 162 valence electrons. The van der Waals surface area contributed by atoms with Gasteiger partial charge in [0.25, 0.3) is 5.69 Å². The van der Waals surface area contributed by atoms with Crippen LogP contribution in [0.5, 0.6) is 5.75 Å². The predicted molar refractivity (Wildman–Crippen MR) is 121 cm³/mol. The first-order valence-corrected chi connectivity index (χ1v) is 10.5. The van der Waals surface area contributed by atoms with Gasteiger partial charge < -0.3 is 9.47 Å². The fraction of sp³-hybridized carbons (Fsp3) is 0.130. The first kappa shape index (κ1) is 21.5. The topological polar surface area (TPSA) is 94.3 Å². The zero-order valence-corrected chi connectivity index (χ0v) is 18.6. The number of ether oxygens (including phenoxy) is 2. The van der Waals surface area contributed by atoms with E-state index in [9.17, 15) is 14.9 Å². The number of hydrogen-bond acceptors (Lipinski definition) is 6. The van der Waals surface area contributed by atoms with Crippen LogP contribution in [0.2, 0.25) is 0 Å². The lowest BCUT2D eigenvalue weighted by Crippen LogP contribution is -2.25. The standard InChI is InChI=1S/C23H18BrN3O5/c1-15(28)26-23(18-6-2-4-8-20(18)27(29)30)32-22(25-26)19-7-3-5-9-21(19)31-14-16-10-12-17(24)13-11-16/h2-13,23H,14H2,1H3. The minimum Gasteiger partial charge on any atom is -0.488 e. The molecule has 3 aromatic rings. The lowest BCUT2D eigenvalue weighted by molar-refractivity contribution is -0.386. The summed E-state index contributed by atoms with van der Waals surface area (Å²) in [6.07, 6.45) is -1.05. The molecule has 3 aromatic carbocycles. The maximum Gasteiger partial charge on any atom is 0.278 e. The van der Waals surface area contributed by atoms with Gasteiger partial charge in [0.05, 0.1) is 16.1 Å². The molecule has 9 heteroatoms. The van der Waals surface area contributed by atoms with Gasteiger partial charge in [-0.25, -0.2) is 0 Å². The van der Waals surface area contributed by atoms with Crippen molar-refractivity contribution in [2.24, 2.45) is 5.10 Å². The number of para-hydroxylation sites is 2. The normalized spacial score (nSPS) is 15.1. The highest BCUT2D eigenvalue weighted by Crippen LogP contribution is 2.36. The van der Waals surface area contributed by atoms with E-state index in [1.165, 1.54) is 13.0 Å². The maximum atomic E-state index is 12.2. The Hall–Kier alpha value is -3.72. The van der Waals surface area contributed by atoms with Gasteiger partial charge in [0, 0.05) is 17.5 Å². The minimum absolute atomic E-state index is 0.148. The molecule has 0 aliphatic carbocycles. The van der Waals surface area contributed by atoms with Gasteiger partial charge in [-0.3, -0.25) is 14.9 Å². The second-order valence-corrected chi connectivity index (χ2v) is 7.88. The van der Waals surface area contributed by atoms with E-state index in [-0.39, 0.29) is 17.1 Å². The van der Waals surface area contributed by atoms with Gasteiger partial charge in [0.1, 0.15) is 12.4 Å². The number of hydrazone groups is 1. The molecule has 0 fully saturated rings. The number of nitro benzene ring substituents is 1. The molecule has 0 bridgehead atoms. The Bertz CT molecular complexity index is 1200. The molecule has 1 unspecified atom stereocenters. The van der Waals surface area contributed by atoms with Crippen molar-refractivity contribution in [2.45, 2.75) is 19.8 Å². The molecule has 0 radical (unpaired) electrons. The Morgan fingerprint density at radius 1 is 1.12 bits per heavy atom. The van der Waals surface area contributed by atoms with Crippen LogP contribution in [0, 0.1) is 10.1 Å². The molecule has 0 aromatic heterocycles. The summed E-state index contributed by atoms with van der Waals surface area (Å²) >= 11 is 3.41. The molecule has 1 atom stereocenters. The highest BCUT2D eigenvalue weighted by molar-refractivity contribution is 9.10. The van der Waals surface area contributed by atoms with Crippen LogP contribution in [0.15, 0.2) is 82.4 Å². The molecule has 0 saturated heterocycles. The summed E-state index contributed by atoms with van der Waals surface area (Å²) in [5.74, 6) is 0.257. The zero-order valence-electron chi connectivity index (χ0n) is 17.0. The summed E-state index contributed by atoms with van der Waals surface area (Å²) < 4.78 is 12.9. The van der Waals surface area contributed by atoms with E-state index in [0.717, 1.165) is 15.0 Å². The van der Waals surface area contributed by atoms with Crippen molar-refractivity contribution in [3.05, 3.63) is 104 Å². The Kier molecular flexibility index (Phi) is 6.18. The number of hydrogen-bond donors (Lipinski definition) is 0. The van der Waals surface area contributed by atoms with E-state index in [2.05, 4.69) is 21.0 Å². The Balaban J connectivity index is 1.63. The number of nitro groups is 1. The Morgan fingerprint density at radius 2 is 1.81 bits per heavy atom. The van der Waals surface area contributed by atoms with Crippen molar-refractivity contribution in [1.82, 2.24) is 5.01 Å². The fourth-order valence-corrected chi connectivity index (χ4v) is 3.52. The van der Waals surface area contributed by atoms with E-state index < -0.39 is 17.1 Å². The van der Waals surface area contributed by atoms with Crippen molar-refractivity contribution in [3.8, 4) is 5.75 Å². The van der Waals surface area contributed by atoms with E-state index in [0.29, 0.717) is 17.9 Å². The largest absolute Gasteiger partial charge is 0.488 e. The molecule has 4 rings (SSSR count). The summed E-state index contributed by atoms with van der Waals surface area (Å²) in [6, 6.07) is 21.0. The molecule has 8 nitrogen and oxygen atoms in total. The second-order valence-electron chi connectivity index (χ2n) is 6.97. The van der Waals surface area contributed by atoms with Gasteiger partial charge in [-0.05, 0) is 35.9 Å². The third-order valence-electron chi connectivity index (χ3n) is 4.79. The number of halogens is 1. The summed E-state index contributed by atoms with van der Waals surface area (Å²) in [4.78, 5) is 23.2. The summed E-state index contributed by atoms with van der Waals surface area (Å²) in [6.45, 7) is 1.65. The van der Waals surface area contributed by atoms with Crippen LogP contribution in [-0.2, 0) is 16.1 Å². The van der Waals surface area contributed by atoms with Crippen LogP contribution in [0.25, 0.3) is 0 Å². The first-order valence-electron chi connectivity index (χ1n) is 9.69. The van der Waals surface area contributed by atoms with Crippen LogP contribution in [0.3, 0.4) is 0 Å². The molecule has 1 heterocycles.